The number of hydrogen-bond acceptors (Lipinski definition) is 2. The van der Waals surface area contributed by atoms with Crippen molar-refractivity contribution in [1.82, 2.24) is 0 Å². The van der Waals surface area contributed by atoms with Gasteiger partial charge in [0.1, 0.15) is 0 Å². The summed E-state index contributed by atoms with van der Waals surface area (Å²) in [7, 11) is 0. The molecule has 0 atom stereocenters. The highest BCUT2D eigenvalue weighted by atomic mass is 15.1. The fourth-order valence-corrected chi connectivity index (χ4v) is 11.4. The largest absolute Gasteiger partial charge is 0.310 e. The summed E-state index contributed by atoms with van der Waals surface area (Å²) in [5.74, 6) is 0. The second kappa shape index (κ2) is 15.8. The minimum atomic E-state index is -0.250. The van der Waals surface area contributed by atoms with Gasteiger partial charge in [-0.2, -0.15) is 0 Å². The Kier molecular flexibility index (Phi) is 11.0. The van der Waals surface area contributed by atoms with E-state index in [1.54, 1.807) is 0 Å². The summed E-state index contributed by atoms with van der Waals surface area (Å²) < 4.78 is 0. The van der Waals surface area contributed by atoms with Crippen LogP contribution in [0.15, 0.2) is 133 Å². The maximum absolute atomic E-state index is 2.51. The van der Waals surface area contributed by atoms with E-state index in [-0.39, 0.29) is 32.5 Å². The summed E-state index contributed by atoms with van der Waals surface area (Å²) in [4.78, 5) is 4.94. The average molecular weight is 897 g/mol. The highest BCUT2D eigenvalue weighted by Gasteiger charge is 2.47. The first kappa shape index (κ1) is 47.2. The van der Waals surface area contributed by atoms with Crippen molar-refractivity contribution in [2.24, 2.45) is 0 Å². The zero-order valence-corrected chi connectivity index (χ0v) is 44.6. The molecule has 2 aliphatic carbocycles. The lowest BCUT2D eigenvalue weighted by atomic mass is 9.72. The van der Waals surface area contributed by atoms with Crippen molar-refractivity contribution in [3.8, 4) is 22.3 Å². The van der Waals surface area contributed by atoms with Gasteiger partial charge in [0.2, 0.25) is 0 Å². The minimum absolute atomic E-state index is 0.0710. The zero-order chi connectivity index (χ0) is 49.3. The fraction of sp³-hybridized carbons (Fsp3) is 0.364. The summed E-state index contributed by atoms with van der Waals surface area (Å²) in [6, 6.07) is 51.8. The molecule has 0 N–H and O–H groups in total. The molecule has 2 nitrogen and oxygen atoms in total. The lowest BCUT2D eigenvalue weighted by Gasteiger charge is -2.32. The molecule has 0 radical (unpaired) electrons. The van der Waals surface area contributed by atoms with E-state index in [1.165, 1.54) is 112 Å². The first-order valence-corrected chi connectivity index (χ1v) is 25.1. The van der Waals surface area contributed by atoms with Crippen LogP contribution in [0.5, 0.6) is 0 Å². The molecule has 0 fully saturated rings. The lowest BCUT2D eigenvalue weighted by molar-refractivity contribution is 0.590. The maximum atomic E-state index is 2.51. The fourth-order valence-electron chi connectivity index (χ4n) is 11.4. The van der Waals surface area contributed by atoms with E-state index >= 15 is 0 Å². The molecule has 9 rings (SSSR count). The van der Waals surface area contributed by atoms with E-state index in [9.17, 15) is 0 Å². The molecule has 68 heavy (non-hydrogen) atoms. The van der Waals surface area contributed by atoms with Crippen molar-refractivity contribution in [2.75, 3.05) is 9.80 Å². The number of fused-ring (bicyclic) bond motifs is 7. The van der Waals surface area contributed by atoms with Crippen molar-refractivity contribution in [1.29, 1.82) is 0 Å². The quantitative estimate of drug-likeness (QED) is 0.164. The van der Waals surface area contributed by atoms with E-state index in [1.807, 2.05) is 0 Å². The Labute approximate surface area is 410 Å². The minimum Gasteiger partial charge on any atom is -0.310 e. The predicted octanol–water partition coefficient (Wildman–Crippen LogP) is 19.0. The molecule has 0 unspecified atom stereocenters. The Morgan fingerprint density at radius 3 is 0.765 bits per heavy atom. The molecule has 350 valence electrons. The standard InChI is InChI=1S/C66H76N2/c1-41-37-51(67(47-27-19-43(20-28-47)61(3,4)5)48-29-21-44(22-30-48)62(6,7)8)39-55-57(41)53-35-36-54-58-42(2)38-52(40-56(58)66(17,18)60(54)59(53)65(55,15)16)68(49-31-23-45(24-32-49)63(9,10)11)50-33-25-46(26-34-50)64(12,13)14/h19-40H,1-18H3. The molecule has 7 aromatic carbocycles. The van der Waals surface area contributed by atoms with E-state index in [4.69, 9.17) is 0 Å². The molecule has 0 saturated carbocycles. The summed E-state index contributed by atoms with van der Waals surface area (Å²) >= 11 is 0. The maximum Gasteiger partial charge on any atom is 0.0467 e. The summed E-state index contributed by atoms with van der Waals surface area (Å²) in [6.07, 6.45) is 0. The third-order valence-corrected chi connectivity index (χ3v) is 15.5. The van der Waals surface area contributed by atoms with Crippen molar-refractivity contribution in [2.45, 2.75) is 157 Å². The monoisotopic (exact) mass is 897 g/mol. The molecule has 0 bridgehead atoms. The number of benzene rings is 7. The average Bonchev–Trinajstić information content (AvgIpc) is 3.63. The third kappa shape index (κ3) is 7.90. The van der Waals surface area contributed by atoms with Crippen LogP contribution in [-0.4, -0.2) is 0 Å². The van der Waals surface area contributed by atoms with E-state index in [0.717, 1.165) is 0 Å². The third-order valence-electron chi connectivity index (χ3n) is 15.5. The number of aryl methyl sites for hydroxylation is 2. The first-order chi connectivity index (χ1) is 31.6. The van der Waals surface area contributed by atoms with Crippen molar-refractivity contribution >= 4 is 34.1 Å². The lowest BCUT2D eigenvalue weighted by Crippen LogP contribution is -2.24. The van der Waals surface area contributed by atoms with Crippen LogP contribution in [-0.2, 0) is 32.5 Å². The topological polar surface area (TPSA) is 6.48 Å². The van der Waals surface area contributed by atoms with Crippen LogP contribution in [0.3, 0.4) is 0 Å². The molecule has 2 heteroatoms. The summed E-state index contributed by atoms with van der Waals surface area (Å²) in [5.41, 5.74) is 26.1. The molecule has 2 aliphatic rings. The van der Waals surface area contributed by atoms with E-state index in [2.05, 4.69) is 268 Å². The predicted molar refractivity (Wildman–Crippen MR) is 295 cm³/mol. The molecule has 0 spiro atoms. The molecule has 0 saturated heterocycles. The second-order valence-corrected chi connectivity index (χ2v) is 25.4. The van der Waals surface area contributed by atoms with E-state index in [0.29, 0.717) is 0 Å². The van der Waals surface area contributed by atoms with Gasteiger partial charge in [0.25, 0.3) is 0 Å². The van der Waals surface area contributed by atoms with Gasteiger partial charge in [-0.05, 0) is 186 Å². The molecule has 0 aromatic heterocycles. The van der Waals surface area contributed by atoms with Crippen LogP contribution in [0.1, 0.15) is 166 Å². The van der Waals surface area contributed by atoms with Crippen LogP contribution in [0.4, 0.5) is 34.1 Å². The van der Waals surface area contributed by atoms with Crippen LogP contribution < -0.4 is 9.80 Å². The van der Waals surface area contributed by atoms with Gasteiger partial charge in [-0.3, -0.25) is 0 Å². The highest BCUT2D eigenvalue weighted by Crippen LogP contribution is 2.61. The second-order valence-electron chi connectivity index (χ2n) is 25.4. The Morgan fingerprint density at radius 1 is 0.309 bits per heavy atom. The van der Waals surface area contributed by atoms with Crippen molar-refractivity contribution in [3.63, 3.8) is 0 Å². The number of rotatable bonds is 6. The van der Waals surface area contributed by atoms with E-state index < -0.39 is 0 Å². The van der Waals surface area contributed by atoms with Crippen molar-refractivity contribution in [3.05, 3.63) is 189 Å². The normalized spacial score (nSPS) is 14.9. The number of hydrogen-bond donors (Lipinski definition) is 0. The Morgan fingerprint density at radius 2 is 0.544 bits per heavy atom. The molecule has 0 heterocycles. The van der Waals surface area contributed by atoms with Crippen LogP contribution in [0, 0.1) is 13.8 Å². The van der Waals surface area contributed by atoms with Gasteiger partial charge in [-0.25, -0.2) is 0 Å². The van der Waals surface area contributed by atoms with Gasteiger partial charge < -0.3 is 9.80 Å². The van der Waals surface area contributed by atoms with Crippen LogP contribution in [0.25, 0.3) is 22.3 Å². The molecule has 0 amide bonds. The zero-order valence-electron chi connectivity index (χ0n) is 44.6. The summed E-state index contributed by atoms with van der Waals surface area (Å²) in [5, 5.41) is 0. The number of nitrogens with zero attached hydrogens (tertiary/aromatic N) is 2. The van der Waals surface area contributed by atoms with Gasteiger partial charge >= 0.3 is 0 Å². The Hall–Kier alpha value is -5.86. The highest BCUT2D eigenvalue weighted by molar-refractivity contribution is 5.95. The molecule has 0 aliphatic heterocycles. The van der Waals surface area contributed by atoms with Gasteiger partial charge in [0, 0.05) is 45.0 Å². The van der Waals surface area contributed by atoms with Gasteiger partial charge in [-0.1, -0.05) is 171 Å². The van der Waals surface area contributed by atoms with Gasteiger partial charge in [-0.15, -0.1) is 0 Å². The molecular formula is C66H76N2. The van der Waals surface area contributed by atoms with Gasteiger partial charge in [0.05, 0.1) is 0 Å². The molecular weight excluding hydrogens is 821 g/mol. The number of anilines is 6. The van der Waals surface area contributed by atoms with Gasteiger partial charge in [0.15, 0.2) is 0 Å². The Bertz CT molecular complexity index is 2730. The van der Waals surface area contributed by atoms with Crippen LogP contribution >= 0.6 is 0 Å². The Balaban J connectivity index is 1.17. The SMILES string of the molecule is Cc1cc(N(c2ccc(C(C)(C)C)cc2)c2ccc(C(C)(C)C)cc2)cc2c1-c1ccc3c(c1C2(C)C)C(C)(C)c1cc(N(c2ccc(C(C)(C)C)cc2)c2ccc(C(C)(C)C)cc2)cc(C)c1-3. The first-order valence-electron chi connectivity index (χ1n) is 25.1. The van der Waals surface area contributed by atoms with Crippen LogP contribution in [0.2, 0.25) is 0 Å². The summed E-state index contributed by atoms with van der Waals surface area (Å²) in [6.45, 7) is 42.1. The molecule has 7 aromatic rings. The smallest absolute Gasteiger partial charge is 0.0467 e. The van der Waals surface area contributed by atoms with Crippen molar-refractivity contribution < 1.29 is 0 Å².